The Balaban J connectivity index is 2.29. The summed E-state index contributed by atoms with van der Waals surface area (Å²) in [6.45, 7) is 2.49. The summed E-state index contributed by atoms with van der Waals surface area (Å²) < 4.78 is 0. The smallest absolute Gasteiger partial charge is 0.289 e. The summed E-state index contributed by atoms with van der Waals surface area (Å²) in [6.07, 6.45) is 2.25. The Morgan fingerprint density at radius 3 is 2.79 bits per heavy atom. The van der Waals surface area contributed by atoms with E-state index in [1.807, 2.05) is 13.0 Å². The molecule has 0 amide bonds. The molecule has 0 heterocycles. The van der Waals surface area contributed by atoms with E-state index in [0.717, 1.165) is 12.8 Å². The monoisotopic (exact) mass is 260 g/mol. The second-order valence-electron chi connectivity index (χ2n) is 5.12. The van der Waals surface area contributed by atoms with Crippen LogP contribution in [0.2, 0.25) is 0 Å². The zero-order valence-corrected chi connectivity index (χ0v) is 10.7. The first kappa shape index (κ1) is 13.3. The molecule has 2 rings (SSSR count). The van der Waals surface area contributed by atoms with E-state index in [1.165, 1.54) is 12.1 Å². The summed E-state index contributed by atoms with van der Waals surface area (Å²) in [5.41, 5.74) is 6.07. The van der Waals surface area contributed by atoms with Crippen LogP contribution in [0.3, 0.4) is 0 Å². The molecule has 1 saturated carbocycles. The highest BCUT2D eigenvalue weighted by molar-refractivity contribution is 5.60. The van der Waals surface area contributed by atoms with E-state index >= 15 is 0 Å². The average molecular weight is 260 g/mol. The van der Waals surface area contributed by atoms with Gasteiger partial charge in [-0.05, 0) is 37.8 Å². The van der Waals surface area contributed by atoms with Crippen LogP contribution >= 0.6 is 0 Å². The molecule has 1 aliphatic rings. The van der Waals surface area contributed by atoms with Gasteiger partial charge in [0.15, 0.2) is 0 Å². The minimum absolute atomic E-state index is 0.0661. The fourth-order valence-electron chi connectivity index (χ4n) is 2.22. The van der Waals surface area contributed by atoms with Gasteiger partial charge in [0, 0.05) is 23.8 Å². The second kappa shape index (κ2) is 4.86. The van der Waals surface area contributed by atoms with Gasteiger partial charge in [0.25, 0.3) is 5.69 Å². The van der Waals surface area contributed by atoms with Crippen LogP contribution in [0.5, 0.6) is 0 Å². The third kappa shape index (κ3) is 2.66. The Morgan fingerprint density at radius 2 is 2.32 bits per heavy atom. The van der Waals surface area contributed by atoms with Crippen molar-refractivity contribution < 1.29 is 4.92 Å². The number of nitriles is 1. The number of rotatable bonds is 5. The lowest BCUT2D eigenvalue weighted by molar-refractivity contribution is -0.385. The highest BCUT2D eigenvalue weighted by Crippen LogP contribution is 2.41. The number of hydrogen-bond donors (Lipinski definition) is 2. The molecule has 1 unspecified atom stereocenters. The fourth-order valence-corrected chi connectivity index (χ4v) is 2.22. The SMILES string of the molecule is CC(CN)(Nc1ccc(C#N)c([N+](=O)[O-])c1)C1CC1. The van der Waals surface area contributed by atoms with Crippen LogP contribution in [-0.4, -0.2) is 17.0 Å². The summed E-state index contributed by atoms with van der Waals surface area (Å²) in [6, 6.07) is 6.36. The molecular weight excluding hydrogens is 244 g/mol. The zero-order valence-electron chi connectivity index (χ0n) is 10.7. The topological polar surface area (TPSA) is 105 Å². The molecular formula is C13H16N4O2. The summed E-state index contributed by atoms with van der Waals surface area (Å²) >= 11 is 0. The van der Waals surface area contributed by atoms with Gasteiger partial charge in [0.2, 0.25) is 0 Å². The zero-order chi connectivity index (χ0) is 14.0. The first-order valence-electron chi connectivity index (χ1n) is 6.17. The number of nitrogens with two attached hydrogens (primary N) is 1. The van der Waals surface area contributed by atoms with Crippen molar-refractivity contribution in [1.29, 1.82) is 5.26 Å². The first-order chi connectivity index (χ1) is 9.00. The predicted molar refractivity (Wildman–Crippen MR) is 71.6 cm³/mol. The van der Waals surface area contributed by atoms with Crippen molar-refractivity contribution in [3.8, 4) is 6.07 Å². The molecule has 1 aliphatic carbocycles. The molecule has 1 aromatic rings. The minimum atomic E-state index is -0.541. The van der Waals surface area contributed by atoms with Crippen molar-refractivity contribution in [2.45, 2.75) is 25.3 Å². The number of nitrogens with one attached hydrogen (secondary N) is 1. The number of nitrogens with zero attached hydrogens (tertiary/aromatic N) is 2. The normalized spacial score (nSPS) is 17.3. The van der Waals surface area contributed by atoms with Gasteiger partial charge in [0.05, 0.1) is 4.92 Å². The van der Waals surface area contributed by atoms with Crippen molar-refractivity contribution >= 4 is 11.4 Å². The standard InChI is InChI=1S/C13H16N4O2/c1-13(8-15,10-3-4-10)16-11-5-2-9(7-14)12(6-11)17(18)19/h2,5-6,10,16H,3-4,8,15H2,1H3. The lowest BCUT2D eigenvalue weighted by Gasteiger charge is -2.30. The Morgan fingerprint density at radius 1 is 1.63 bits per heavy atom. The van der Waals surface area contributed by atoms with Gasteiger partial charge in [-0.2, -0.15) is 5.26 Å². The van der Waals surface area contributed by atoms with Gasteiger partial charge < -0.3 is 11.1 Å². The summed E-state index contributed by atoms with van der Waals surface area (Å²) in [5.74, 6) is 0.507. The number of hydrogen-bond acceptors (Lipinski definition) is 5. The average Bonchev–Trinajstić information content (AvgIpc) is 3.23. The Hall–Kier alpha value is -2.13. The molecule has 0 bridgehead atoms. The molecule has 19 heavy (non-hydrogen) atoms. The summed E-state index contributed by atoms with van der Waals surface area (Å²) in [7, 11) is 0. The Kier molecular flexibility index (Phi) is 3.40. The van der Waals surface area contributed by atoms with Crippen molar-refractivity contribution in [3.05, 3.63) is 33.9 Å². The van der Waals surface area contributed by atoms with E-state index in [-0.39, 0.29) is 16.8 Å². The van der Waals surface area contributed by atoms with Gasteiger partial charge in [-0.3, -0.25) is 10.1 Å². The van der Waals surface area contributed by atoms with Gasteiger partial charge in [-0.15, -0.1) is 0 Å². The van der Waals surface area contributed by atoms with E-state index < -0.39 is 4.92 Å². The molecule has 1 fully saturated rings. The molecule has 100 valence electrons. The van der Waals surface area contributed by atoms with Crippen LogP contribution in [0.25, 0.3) is 0 Å². The first-order valence-corrected chi connectivity index (χ1v) is 6.17. The molecule has 0 aromatic heterocycles. The fraction of sp³-hybridized carbons (Fsp3) is 0.462. The van der Waals surface area contributed by atoms with Crippen molar-refractivity contribution in [2.75, 3.05) is 11.9 Å². The molecule has 0 saturated heterocycles. The molecule has 0 radical (unpaired) electrons. The van der Waals surface area contributed by atoms with E-state index in [1.54, 1.807) is 6.07 Å². The number of anilines is 1. The van der Waals surface area contributed by atoms with Crippen LogP contribution in [0.4, 0.5) is 11.4 Å². The van der Waals surface area contributed by atoms with Crippen LogP contribution in [-0.2, 0) is 0 Å². The number of benzene rings is 1. The van der Waals surface area contributed by atoms with E-state index in [0.29, 0.717) is 18.2 Å². The van der Waals surface area contributed by atoms with Crippen LogP contribution < -0.4 is 11.1 Å². The van der Waals surface area contributed by atoms with Gasteiger partial charge in [-0.1, -0.05) is 0 Å². The molecule has 6 heteroatoms. The van der Waals surface area contributed by atoms with Gasteiger partial charge in [-0.25, -0.2) is 0 Å². The second-order valence-corrected chi connectivity index (χ2v) is 5.12. The van der Waals surface area contributed by atoms with Crippen LogP contribution in [0.15, 0.2) is 18.2 Å². The quantitative estimate of drug-likeness (QED) is 0.622. The maximum Gasteiger partial charge on any atom is 0.289 e. The van der Waals surface area contributed by atoms with Gasteiger partial charge in [0.1, 0.15) is 11.6 Å². The third-order valence-electron chi connectivity index (χ3n) is 3.65. The van der Waals surface area contributed by atoms with Crippen LogP contribution in [0.1, 0.15) is 25.3 Å². The van der Waals surface area contributed by atoms with Crippen molar-refractivity contribution in [2.24, 2.45) is 11.7 Å². The summed E-state index contributed by atoms with van der Waals surface area (Å²) in [4.78, 5) is 10.4. The molecule has 3 N–H and O–H groups in total. The number of nitro groups is 1. The van der Waals surface area contributed by atoms with E-state index in [4.69, 9.17) is 11.0 Å². The maximum atomic E-state index is 10.9. The summed E-state index contributed by atoms with van der Waals surface area (Å²) in [5, 5.41) is 23.0. The highest BCUT2D eigenvalue weighted by Gasteiger charge is 2.40. The minimum Gasteiger partial charge on any atom is -0.378 e. The molecule has 1 aromatic carbocycles. The highest BCUT2D eigenvalue weighted by atomic mass is 16.6. The predicted octanol–water partition coefficient (Wildman–Crippen LogP) is 2.01. The third-order valence-corrected chi connectivity index (χ3v) is 3.65. The lowest BCUT2D eigenvalue weighted by atomic mass is 9.95. The molecule has 1 atom stereocenters. The van der Waals surface area contributed by atoms with Gasteiger partial charge >= 0.3 is 0 Å². The molecule has 6 nitrogen and oxygen atoms in total. The Bertz CT molecular complexity index is 548. The largest absolute Gasteiger partial charge is 0.378 e. The molecule has 0 aliphatic heterocycles. The molecule has 0 spiro atoms. The van der Waals surface area contributed by atoms with Crippen LogP contribution in [0, 0.1) is 27.4 Å². The number of nitro benzene ring substituents is 1. The Labute approximate surface area is 111 Å². The van der Waals surface area contributed by atoms with Crippen molar-refractivity contribution in [1.82, 2.24) is 0 Å². The van der Waals surface area contributed by atoms with Crippen molar-refractivity contribution in [3.63, 3.8) is 0 Å². The van der Waals surface area contributed by atoms with E-state index in [9.17, 15) is 10.1 Å². The lowest BCUT2D eigenvalue weighted by Crippen LogP contribution is -2.44. The van der Waals surface area contributed by atoms with E-state index in [2.05, 4.69) is 5.32 Å². The maximum absolute atomic E-state index is 10.9.